The molecular formula is C14H18FN3O4S. The molecular weight excluding hydrogens is 325 g/mol. The maximum Gasteiger partial charge on any atom is 0.328 e. The Bertz CT molecular complexity index is 597. The lowest BCUT2D eigenvalue weighted by molar-refractivity contribution is -0.145. The fourth-order valence-electron chi connectivity index (χ4n) is 1.79. The molecule has 126 valence electrons. The molecule has 0 bridgehead atoms. The number of benzene rings is 1. The number of hydrogen-bond acceptors (Lipinski definition) is 6. The first-order valence-electron chi connectivity index (χ1n) is 6.74. The molecule has 0 saturated heterocycles. The van der Waals surface area contributed by atoms with Gasteiger partial charge < -0.3 is 15.4 Å². The fraction of sp³-hybridized carbons (Fsp3) is 0.357. The van der Waals surface area contributed by atoms with Crippen LogP contribution in [-0.4, -0.2) is 30.3 Å². The van der Waals surface area contributed by atoms with Crippen molar-refractivity contribution < 1.29 is 23.5 Å². The second-order valence-corrected chi connectivity index (χ2v) is 5.15. The van der Waals surface area contributed by atoms with Crippen molar-refractivity contribution in [2.75, 3.05) is 12.4 Å². The normalized spacial score (nSPS) is 11.5. The first kappa shape index (κ1) is 18.9. The number of ether oxygens (including phenoxy) is 1. The number of carbonyl (C=O) groups excluding carboxylic acids is 3. The molecule has 9 heteroatoms. The summed E-state index contributed by atoms with van der Waals surface area (Å²) >= 11 is 0.434. The highest BCUT2D eigenvalue weighted by molar-refractivity contribution is 8.11. The largest absolute Gasteiger partial charge is 0.467 e. The van der Waals surface area contributed by atoms with Gasteiger partial charge in [0.25, 0.3) is 5.24 Å². The molecule has 0 fully saturated rings. The molecule has 1 rings (SSSR count). The molecule has 0 aliphatic heterocycles. The Morgan fingerprint density at radius 3 is 2.61 bits per heavy atom. The molecule has 2 amide bonds. The van der Waals surface area contributed by atoms with Crippen LogP contribution in [0.3, 0.4) is 0 Å². The number of nitrogens with two attached hydrogens (primary N) is 1. The van der Waals surface area contributed by atoms with Gasteiger partial charge in [-0.15, -0.1) is 0 Å². The standard InChI is InChI=1S/C14H18FN3O4S/c1-3-12(19)17-11(13(20)22-2)7-8-4-5-10(9(15)6-8)18-14(21)23-16/h4-6,11H,3,7,16H2,1-2H3,(H,17,19)(H,18,21)/t11-/m1/s1. The van der Waals surface area contributed by atoms with Gasteiger partial charge in [-0.25, -0.2) is 9.18 Å². The minimum Gasteiger partial charge on any atom is -0.467 e. The minimum atomic E-state index is -0.910. The van der Waals surface area contributed by atoms with Crippen molar-refractivity contribution in [3.8, 4) is 0 Å². The van der Waals surface area contributed by atoms with Crippen molar-refractivity contribution >= 4 is 34.8 Å². The first-order chi connectivity index (χ1) is 10.9. The predicted molar refractivity (Wildman–Crippen MR) is 85.1 cm³/mol. The van der Waals surface area contributed by atoms with Gasteiger partial charge in [-0.2, -0.15) is 0 Å². The predicted octanol–water partition coefficient (Wildman–Crippen LogP) is 1.57. The number of anilines is 1. The van der Waals surface area contributed by atoms with E-state index in [2.05, 4.69) is 15.4 Å². The number of methoxy groups -OCH3 is 1. The fourth-order valence-corrected chi connectivity index (χ4v) is 1.96. The Balaban J connectivity index is 2.88. The van der Waals surface area contributed by atoms with Crippen LogP contribution in [-0.2, 0) is 20.7 Å². The summed E-state index contributed by atoms with van der Waals surface area (Å²) in [7, 11) is 1.21. The van der Waals surface area contributed by atoms with E-state index in [1.807, 2.05) is 0 Å². The average Bonchev–Trinajstić information content (AvgIpc) is 2.55. The van der Waals surface area contributed by atoms with E-state index in [-0.39, 0.29) is 24.4 Å². The van der Waals surface area contributed by atoms with Crippen LogP contribution in [0.2, 0.25) is 0 Å². The van der Waals surface area contributed by atoms with Crippen molar-refractivity contribution in [3.63, 3.8) is 0 Å². The molecule has 0 radical (unpaired) electrons. The van der Waals surface area contributed by atoms with E-state index >= 15 is 0 Å². The van der Waals surface area contributed by atoms with Gasteiger partial charge in [0.2, 0.25) is 5.91 Å². The summed E-state index contributed by atoms with van der Waals surface area (Å²) in [6, 6.07) is 3.15. The van der Waals surface area contributed by atoms with Gasteiger partial charge in [0.05, 0.1) is 12.8 Å². The van der Waals surface area contributed by atoms with Crippen LogP contribution >= 0.6 is 11.9 Å². The Morgan fingerprint density at radius 2 is 2.09 bits per heavy atom. The molecule has 0 aliphatic rings. The van der Waals surface area contributed by atoms with E-state index in [0.717, 1.165) is 0 Å². The highest BCUT2D eigenvalue weighted by Gasteiger charge is 2.22. The second kappa shape index (κ2) is 9.11. The number of esters is 1. The highest BCUT2D eigenvalue weighted by Crippen LogP contribution is 2.18. The van der Waals surface area contributed by atoms with Crippen molar-refractivity contribution in [2.45, 2.75) is 25.8 Å². The summed E-state index contributed by atoms with van der Waals surface area (Å²) in [6.45, 7) is 1.65. The Morgan fingerprint density at radius 1 is 1.39 bits per heavy atom. The van der Waals surface area contributed by atoms with Gasteiger partial charge in [0, 0.05) is 24.8 Å². The van der Waals surface area contributed by atoms with E-state index in [0.29, 0.717) is 17.5 Å². The molecule has 0 saturated carbocycles. The monoisotopic (exact) mass is 343 g/mol. The molecule has 0 aromatic heterocycles. The second-order valence-electron chi connectivity index (χ2n) is 4.55. The Labute approximate surface area is 137 Å². The van der Waals surface area contributed by atoms with Crippen LogP contribution in [0.15, 0.2) is 18.2 Å². The molecule has 1 aromatic carbocycles. The van der Waals surface area contributed by atoms with Crippen LogP contribution < -0.4 is 15.8 Å². The molecule has 0 unspecified atom stereocenters. The maximum absolute atomic E-state index is 13.9. The molecule has 0 heterocycles. The number of amides is 2. The topological polar surface area (TPSA) is 111 Å². The summed E-state index contributed by atoms with van der Waals surface area (Å²) in [5.41, 5.74) is 0.441. The molecule has 4 N–H and O–H groups in total. The van der Waals surface area contributed by atoms with Crippen LogP contribution in [0.5, 0.6) is 0 Å². The highest BCUT2D eigenvalue weighted by atomic mass is 32.2. The molecule has 0 aliphatic carbocycles. The van der Waals surface area contributed by atoms with Gasteiger partial charge in [-0.3, -0.25) is 14.7 Å². The van der Waals surface area contributed by atoms with E-state index in [9.17, 15) is 18.8 Å². The average molecular weight is 343 g/mol. The van der Waals surface area contributed by atoms with Crippen molar-refractivity contribution in [3.05, 3.63) is 29.6 Å². The molecule has 23 heavy (non-hydrogen) atoms. The van der Waals surface area contributed by atoms with Crippen molar-refractivity contribution in [1.82, 2.24) is 5.32 Å². The number of hydrogen-bond donors (Lipinski definition) is 3. The summed E-state index contributed by atoms with van der Waals surface area (Å²) < 4.78 is 18.6. The van der Waals surface area contributed by atoms with E-state index in [4.69, 9.17) is 5.14 Å². The van der Waals surface area contributed by atoms with Gasteiger partial charge in [-0.1, -0.05) is 13.0 Å². The zero-order chi connectivity index (χ0) is 17.4. The number of carbonyl (C=O) groups is 3. The smallest absolute Gasteiger partial charge is 0.328 e. The summed E-state index contributed by atoms with van der Waals surface area (Å²) in [5, 5.41) is 9.26. The third-order valence-electron chi connectivity index (χ3n) is 2.96. The van der Waals surface area contributed by atoms with Gasteiger partial charge in [0.1, 0.15) is 11.9 Å². The van der Waals surface area contributed by atoms with E-state index in [1.54, 1.807) is 6.92 Å². The molecule has 1 atom stereocenters. The quantitative estimate of drug-likeness (QED) is 0.534. The van der Waals surface area contributed by atoms with Gasteiger partial charge in [0.15, 0.2) is 0 Å². The van der Waals surface area contributed by atoms with Crippen LogP contribution in [0.1, 0.15) is 18.9 Å². The zero-order valence-corrected chi connectivity index (χ0v) is 13.5. The lowest BCUT2D eigenvalue weighted by atomic mass is 10.0. The number of halogens is 1. The van der Waals surface area contributed by atoms with Crippen molar-refractivity contribution in [1.29, 1.82) is 0 Å². The minimum absolute atomic E-state index is 0.0242. The van der Waals surface area contributed by atoms with Gasteiger partial charge in [-0.05, 0) is 17.7 Å². The summed E-state index contributed by atoms with van der Waals surface area (Å²) in [4.78, 5) is 34.3. The van der Waals surface area contributed by atoms with E-state index in [1.165, 1.54) is 25.3 Å². The van der Waals surface area contributed by atoms with Crippen LogP contribution in [0.4, 0.5) is 14.9 Å². The van der Waals surface area contributed by atoms with Crippen LogP contribution in [0, 0.1) is 5.82 Å². The third kappa shape index (κ3) is 5.87. The lowest BCUT2D eigenvalue weighted by Gasteiger charge is -2.16. The summed E-state index contributed by atoms with van der Waals surface area (Å²) in [6.07, 6.45) is 0.277. The molecule has 0 spiro atoms. The van der Waals surface area contributed by atoms with Crippen LogP contribution in [0.25, 0.3) is 0 Å². The van der Waals surface area contributed by atoms with E-state index < -0.39 is 23.1 Å². The molecule has 1 aromatic rings. The number of nitrogens with one attached hydrogen (secondary N) is 2. The zero-order valence-electron chi connectivity index (χ0n) is 12.7. The summed E-state index contributed by atoms with van der Waals surface area (Å²) in [5.74, 6) is -1.61. The maximum atomic E-state index is 13.9. The first-order valence-corrected chi connectivity index (χ1v) is 7.62. The molecule has 7 nitrogen and oxygen atoms in total. The third-order valence-corrected chi connectivity index (χ3v) is 3.28. The lowest BCUT2D eigenvalue weighted by Crippen LogP contribution is -2.42. The SMILES string of the molecule is CCC(=O)N[C@H](Cc1ccc(NC(=O)SN)c(F)c1)C(=O)OC. The number of rotatable bonds is 6. The Kier molecular flexibility index (Phi) is 7.49. The Hall–Kier alpha value is -2.13. The van der Waals surface area contributed by atoms with Crippen molar-refractivity contribution in [2.24, 2.45) is 5.14 Å². The van der Waals surface area contributed by atoms with Gasteiger partial charge >= 0.3 is 5.97 Å².